The summed E-state index contributed by atoms with van der Waals surface area (Å²) < 4.78 is 23.4. The highest BCUT2D eigenvalue weighted by molar-refractivity contribution is 8.00. The Kier molecular flexibility index (Phi) is 4.46. The third kappa shape index (κ3) is 3.66. The van der Waals surface area contributed by atoms with E-state index in [1.165, 1.54) is 11.2 Å². The fourth-order valence-corrected chi connectivity index (χ4v) is 5.26. The summed E-state index contributed by atoms with van der Waals surface area (Å²) in [5, 5.41) is 0.217. The Hall–Kier alpha value is -0.680. The Bertz CT molecular complexity index is 555. The molecule has 2 rings (SSSR count). The van der Waals surface area contributed by atoms with E-state index in [-0.39, 0.29) is 5.25 Å². The van der Waals surface area contributed by atoms with E-state index in [2.05, 4.69) is 6.07 Å². The monoisotopic (exact) mass is 299 g/mol. The van der Waals surface area contributed by atoms with Crippen LogP contribution in [0.5, 0.6) is 0 Å². The summed E-state index contributed by atoms with van der Waals surface area (Å²) in [7, 11) is -2.91. The van der Waals surface area contributed by atoms with Crippen molar-refractivity contribution in [3.8, 4) is 0 Å². The molecule has 0 spiro atoms. The van der Waals surface area contributed by atoms with Gasteiger partial charge in [0.25, 0.3) is 0 Å². The highest BCUT2D eigenvalue weighted by atomic mass is 32.2. The largest absolute Gasteiger partial charge is 0.398 e. The van der Waals surface area contributed by atoms with Gasteiger partial charge in [0.15, 0.2) is 0 Å². The van der Waals surface area contributed by atoms with E-state index in [0.717, 1.165) is 36.9 Å². The summed E-state index contributed by atoms with van der Waals surface area (Å²) in [5.74, 6) is 0. The number of thioether (sulfide) groups is 1. The number of hydrogen-bond donors (Lipinski definition) is 1. The zero-order valence-electron chi connectivity index (χ0n) is 11.4. The Balaban J connectivity index is 2.09. The van der Waals surface area contributed by atoms with Gasteiger partial charge < -0.3 is 5.73 Å². The summed E-state index contributed by atoms with van der Waals surface area (Å²) in [6.45, 7) is 2.02. The first-order valence-electron chi connectivity index (χ1n) is 6.58. The zero-order valence-corrected chi connectivity index (χ0v) is 13.1. The molecule has 0 saturated heterocycles. The van der Waals surface area contributed by atoms with Gasteiger partial charge >= 0.3 is 0 Å². The van der Waals surface area contributed by atoms with E-state index in [4.69, 9.17) is 5.73 Å². The van der Waals surface area contributed by atoms with Crippen LogP contribution in [0.2, 0.25) is 0 Å². The highest BCUT2D eigenvalue weighted by Crippen LogP contribution is 2.37. The smallest absolute Gasteiger partial charge is 0.150 e. The van der Waals surface area contributed by atoms with Gasteiger partial charge in [-0.25, -0.2) is 8.42 Å². The van der Waals surface area contributed by atoms with Crippen LogP contribution < -0.4 is 5.73 Å². The van der Waals surface area contributed by atoms with Gasteiger partial charge in [-0.1, -0.05) is 12.5 Å². The summed E-state index contributed by atoms with van der Waals surface area (Å²) in [4.78, 5) is 1.18. The molecule has 0 aliphatic heterocycles. The van der Waals surface area contributed by atoms with Gasteiger partial charge in [0.1, 0.15) is 9.84 Å². The normalized spacial score (nSPS) is 24.3. The molecule has 2 atom stereocenters. The first kappa shape index (κ1) is 14.7. The van der Waals surface area contributed by atoms with Crippen LogP contribution in [0, 0.1) is 6.92 Å². The SMILES string of the molecule is Cc1c(N)cccc1SC1CCCC(S(C)(=O)=O)C1. The van der Waals surface area contributed by atoms with Crippen molar-refractivity contribution in [2.45, 2.75) is 48.0 Å². The lowest BCUT2D eigenvalue weighted by atomic mass is 10.00. The molecule has 0 heterocycles. The molecule has 1 aromatic carbocycles. The number of rotatable bonds is 3. The lowest BCUT2D eigenvalue weighted by Crippen LogP contribution is -2.28. The second kappa shape index (κ2) is 5.75. The van der Waals surface area contributed by atoms with E-state index in [1.807, 2.05) is 19.1 Å². The Morgan fingerprint density at radius 3 is 2.74 bits per heavy atom. The molecule has 1 saturated carbocycles. The predicted octanol–water partition coefficient (Wildman–Crippen LogP) is 3.03. The number of hydrogen-bond acceptors (Lipinski definition) is 4. The van der Waals surface area contributed by atoms with Crippen LogP contribution in [0.25, 0.3) is 0 Å². The molecule has 106 valence electrons. The molecule has 0 amide bonds. The lowest BCUT2D eigenvalue weighted by Gasteiger charge is -2.28. The molecular formula is C14H21NO2S2. The van der Waals surface area contributed by atoms with Crippen molar-refractivity contribution in [1.82, 2.24) is 0 Å². The van der Waals surface area contributed by atoms with Crippen LogP contribution in [-0.4, -0.2) is 25.2 Å². The minimum atomic E-state index is -2.91. The van der Waals surface area contributed by atoms with Gasteiger partial charge in [0.2, 0.25) is 0 Å². The number of sulfone groups is 1. The number of nitrogen functional groups attached to an aromatic ring is 1. The fourth-order valence-electron chi connectivity index (χ4n) is 2.54. The maximum atomic E-state index is 11.7. The van der Waals surface area contributed by atoms with Crippen LogP contribution in [-0.2, 0) is 9.84 Å². The second-order valence-electron chi connectivity index (χ2n) is 5.33. The zero-order chi connectivity index (χ0) is 14.0. The molecule has 0 radical (unpaired) electrons. The second-order valence-corrected chi connectivity index (χ2v) is 9.00. The molecule has 3 nitrogen and oxygen atoms in total. The average molecular weight is 299 g/mol. The van der Waals surface area contributed by atoms with Crippen molar-refractivity contribution in [1.29, 1.82) is 0 Å². The molecule has 0 aromatic heterocycles. The average Bonchev–Trinajstić information content (AvgIpc) is 2.34. The van der Waals surface area contributed by atoms with Gasteiger partial charge in [-0.2, -0.15) is 0 Å². The molecule has 0 bridgehead atoms. The Morgan fingerprint density at radius 1 is 1.32 bits per heavy atom. The van der Waals surface area contributed by atoms with E-state index in [0.29, 0.717) is 5.25 Å². The topological polar surface area (TPSA) is 60.2 Å². The molecule has 1 aliphatic carbocycles. The van der Waals surface area contributed by atoms with Crippen molar-refractivity contribution < 1.29 is 8.42 Å². The predicted molar refractivity (Wildman–Crippen MR) is 82.3 cm³/mol. The van der Waals surface area contributed by atoms with E-state index < -0.39 is 9.84 Å². The Morgan fingerprint density at radius 2 is 2.05 bits per heavy atom. The van der Waals surface area contributed by atoms with Gasteiger partial charge in [-0.3, -0.25) is 0 Å². The number of anilines is 1. The summed E-state index contributed by atoms with van der Waals surface area (Å²) in [6, 6.07) is 5.93. The van der Waals surface area contributed by atoms with Gasteiger partial charge in [-0.15, -0.1) is 11.8 Å². The van der Waals surface area contributed by atoms with Crippen LogP contribution in [0.1, 0.15) is 31.2 Å². The highest BCUT2D eigenvalue weighted by Gasteiger charge is 2.29. The minimum Gasteiger partial charge on any atom is -0.398 e. The van der Waals surface area contributed by atoms with Crippen molar-refractivity contribution in [3.63, 3.8) is 0 Å². The molecule has 1 aliphatic rings. The van der Waals surface area contributed by atoms with Crippen LogP contribution in [0.3, 0.4) is 0 Å². The van der Waals surface area contributed by atoms with Gasteiger partial charge in [-0.05, 0) is 43.9 Å². The maximum absolute atomic E-state index is 11.7. The van der Waals surface area contributed by atoms with Gasteiger partial charge in [0, 0.05) is 22.1 Å². The number of nitrogens with two attached hydrogens (primary N) is 1. The quantitative estimate of drug-likeness (QED) is 0.872. The molecule has 1 fully saturated rings. The minimum absolute atomic E-state index is 0.167. The first-order valence-corrected chi connectivity index (χ1v) is 9.42. The van der Waals surface area contributed by atoms with E-state index in [1.54, 1.807) is 11.8 Å². The third-order valence-corrected chi connectivity index (χ3v) is 6.90. The van der Waals surface area contributed by atoms with Crippen molar-refractivity contribution in [2.24, 2.45) is 0 Å². The molecule has 1 aromatic rings. The lowest BCUT2D eigenvalue weighted by molar-refractivity contribution is 0.495. The third-order valence-electron chi connectivity index (χ3n) is 3.80. The molecule has 5 heteroatoms. The van der Waals surface area contributed by atoms with Crippen molar-refractivity contribution in [2.75, 3.05) is 12.0 Å². The van der Waals surface area contributed by atoms with Crippen LogP contribution in [0.15, 0.2) is 23.1 Å². The maximum Gasteiger partial charge on any atom is 0.150 e. The molecule has 2 unspecified atom stereocenters. The van der Waals surface area contributed by atoms with Crippen molar-refractivity contribution >= 4 is 27.3 Å². The summed E-state index contributed by atoms with van der Waals surface area (Å²) >= 11 is 1.78. The fraction of sp³-hybridized carbons (Fsp3) is 0.571. The number of benzene rings is 1. The molecule has 19 heavy (non-hydrogen) atoms. The van der Waals surface area contributed by atoms with Crippen LogP contribution >= 0.6 is 11.8 Å². The molecular weight excluding hydrogens is 278 g/mol. The Labute approximate surface area is 119 Å². The first-order chi connectivity index (χ1) is 8.88. The van der Waals surface area contributed by atoms with Crippen molar-refractivity contribution in [3.05, 3.63) is 23.8 Å². The van der Waals surface area contributed by atoms with E-state index in [9.17, 15) is 8.42 Å². The summed E-state index contributed by atoms with van der Waals surface area (Å²) in [5.41, 5.74) is 7.82. The molecule has 2 N–H and O–H groups in total. The summed E-state index contributed by atoms with van der Waals surface area (Å²) in [6.07, 6.45) is 5.02. The van der Waals surface area contributed by atoms with Crippen LogP contribution in [0.4, 0.5) is 5.69 Å². The standard InChI is InChI=1S/C14H21NO2S2/c1-10-13(15)7-4-8-14(10)18-11-5-3-6-12(9-11)19(2,16)17/h4,7-8,11-12H,3,5-6,9,15H2,1-2H3. The van der Waals surface area contributed by atoms with E-state index >= 15 is 0 Å². The van der Waals surface area contributed by atoms with Gasteiger partial charge in [0.05, 0.1) is 5.25 Å².